The Morgan fingerprint density at radius 1 is 1.44 bits per heavy atom. The van der Waals surface area contributed by atoms with Crippen LogP contribution in [0.15, 0.2) is 11.7 Å². The Bertz CT molecular complexity index is 434. The van der Waals surface area contributed by atoms with Crippen LogP contribution in [0.4, 0.5) is 0 Å². The summed E-state index contributed by atoms with van der Waals surface area (Å²) in [6.45, 7) is 6.24. The molecule has 3 nitrogen and oxygen atoms in total. The highest BCUT2D eigenvalue weighted by Crippen LogP contribution is 2.29. The minimum absolute atomic E-state index is 0.927. The van der Waals surface area contributed by atoms with E-state index in [0.717, 1.165) is 28.7 Å². The van der Waals surface area contributed by atoms with E-state index in [1.54, 1.807) is 22.7 Å². The molecule has 0 aromatic carbocycles. The molecule has 0 atom stereocenters. The van der Waals surface area contributed by atoms with Crippen LogP contribution in [0, 0.1) is 6.92 Å². The van der Waals surface area contributed by atoms with Crippen LogP contribution in [0.3, 0.4) is 0 Å². The van der Waals surface area contributed by atoms with Crippen LogP contribution in [-0.4, -0.2) is 16.5 Å². The Balaban J connectivity index is 2.10. The highest BCUT2D eigenvalue weighted by molar-refractivity contribution is 7.20. The molecule has 0 saturated heterocycles. The maximum atomic E-state index is 4.58. The molecule has 0 bridgehead atoms. The molecule has 0 amide bonds. The molecule has 0 aliphatic rings. The van der Waals surface area contributed by atoms with Gasteiger partial charge in [0.05, 0.1) is 16.1 Å². The van der Waals surface area contributed by atoms with Crippen LogP contribution in [0.2, 0.25) is 0 Å². The van der Waals surface area contributed by atoms with E-state index in [9.17, 15) is 0 Å². The fraction of sp³-hybridized carbons (Fsp3) is 0.455. The Morgan fingerprint density at radius 3 is 3.00 bits per heavy atom. The number of hydrogen-bond acceptors (Lipinski definition) is 5. The van der Waals surface area contributed by atoms with Crippen molar-refractivity contribution in [2.75, 3.05) is 6.54 Å². The third-order valence-electron chi connectivity index (χ3n) is 2.25. The van der Waals surface area contributed by atoms with Gasteiger partial charge in [0.15, 0.2) is 0 Å². The number of nitrogens with zero attached hydrogens (tertiary/aromatic N) is 2. The number of aromatic nitrogens is 2. The monoisotopic (exact) mass is 253 g/mol. The zero-order valence-corrected chi connectivity index (χ0v) is 11.1. The van der Waals surface area contributed by atoms with Gasteiger partial charge in [-0.15, -0.1) is 22.7 Å². The van der Waals surface area contributed by atoms with Crippen molar-refractivity contribution in [2.45, 2.75) is 26.8 Å². The Kier molecular flexibility index (Phi) is 4.04. The van der Waals surface area contributed by atoms with Crippen LogP contribution in [-0.2, 0) is 6.54 Å². The van der Waals surface area contributed by atoms with Gasteiger partial charge in [-0.25, -0.2) is 4.98 Å². The second-order valence-corrected chi connectivity index (χ2v) is 5.54. The van der Waals surface area contributed by atoms with Crippen molar-refractivity contribution in [1.29, 1.82) is 0 Å². The van der Waals surface area contributed by atoms with Gasteiger partial charge in [0.2, 0.25) is 0 Å². The lowest BCUT2D eigenvalue weighted by molar-refractivity contribution is 0.678. The largest absolute Gasteiger partial charge is 0.312 e. The first-order valence-electron chi connectivity index (χ1n) is 5.37. The molecule has 0 aliphatic heterocycles. The second kappa shape index (κ2) is 5.52. The standard InChI is InChI=1S/C11H15N3S2/c1-3-4-12-5-9-8(2)14-11(16-9)10-6-13-7-15-10/h6-7,12H,3-5H2,1-2H3. The number of rotatable bonds is 5. The predicted molar refractivity (Wildman–Crippen MR) is 70.0 cm³/mol. The summed E-state index contributed by atoms with van der Waals surface area (Å²) in [4.78, 5) is 11.2. The minimum atomic E-state index is 0.927. The van der Waals surface area contributed by atoms with E-state index in [2.05, 4.69) is 29.1 Å². The van der Waals surface area contributed by atoms with E-state index >= 15 is 0 Å². The number of nitrogens with one attached hydrogen (secondary N) is 1. The molecule has 16 heavy (non-hydrogen) atoms. The highest BCUT2D eigenvalue weighted by atomic mass is 32.1. The van der Waals surface area contributed by atoms with E-state index in [4.69, 9.17) is 0 Å². The summed E-state index contributed by atoms with van der Waals surface area (Å²) < 4.78 is 0. The molecule has 0 radical (unpaired) electrons. The fourth-order valence-electron chi connectivity index (χ4n) is 1.40. The van der Waals surface area contributed by atoms with Gasteiger partial charge in [-0.05, 0) is 19.9 Å². The van der Waals surface area contributed by atoms with Crippen molar-refractivity contribution in [3.63, 3.8) is 0 Å². The lowest BCUT2D eigenvalue weighted by Crippen LogP contribution is -2.13. The zero-order chi connectivity index (χ0) is 11.4. The lowest BCUT2D eigenvalue weighted by atomic mass is 10.4. The van der Waals surface area contributed by atoms with Gasteiger partial charge in [-0.3, -0.25) is 4.98 Å². The van der Waals surface area contributed by atoms with Crippen LogP contribution < -0.4 is 5.32 Å². The quantitative estimate of drug-likeness (QED) is 0.832. The minimum Gasteiger partial charge on any atom is -0.312 e. The maximum absolute atomic E-state index is 4.58. The van der Waals surface area contributed by atoms with Gasteiger partial charge >= 0.3 is 0 Å². The van der Waals surface area contributed by atoms with E-state index in [1.165, 1.54) is 11.3 Å². The summed E-state index contributed by atoms with van der Waals surface area (Å²) in [7, 11) is 0. The van der Waals surface area contributed by atoms with Crippen molar-refractivity contribution in [3.8, 4) is 9.88 Å². The first kappa shape index (κ1) is 11.7. The molecule has 86 valence electrons. The summed E-state index contributed by atoms with van der Waals surface area (Å²) in [5.74, 6) is 0. The Morgan fingerprint density at radius 2 is 2.31 bits per heavy atom. The van der Waals surface area contributed by atoms with Crippen LogP contribution in [0.5, 0.6) is 0 Å². The third-order valence-corrected chi connectivity index (χ3v) is 4.35. The van der Waals surface area contributed by atoms with Gasteiger partial charge in [-0.1, -0.05) is 6.92 Å². The van der Waals surface area contributed by atoms with Crippen molar-refractivity contribution < 1.29 is 0 Å². The van der Waals surface area contributed by atoms with E-state index in [-0.39, 0.29) is 0 Å². The summed E-state index contributed by atoms with van der Waals surface area (Å²) in [6, 6.07) is 0. The second-order valence-electron chi connectivity index (χ2n) is 3.57. The predicted octanol–water partition coefficient (Wildman–Crippen LogP) is 3.07. The van der Waals surface area contributed by atoms with E-state index < -0.39 is 0 Å². The summed E-state index contributed by atoms with van der Waals surface area (Å²) in [6.07, 6.45) is 3.05. The molecule has 2 aromatic heterocycles. The zero-order valence-electron chi connectivity index (χ0n) is 9.49. The summed E-state index contributed by atoms with van der Waals surface area (Å²) in [5, 5.41) is 4.50. The van der Waals surface area contributed by atoms with Crippen LogP contribution in [0.1, 0.15) is 23.9 Å². The summed E-state index contributed by atoms with van der Waals surface area (Å²) in [5.41, 5.74) is 2.98. The van der Waals surface area contributed by atoms with Crippen molar-refractivity contribution >= 4 is 22.7 Å². The normalized spacial score (nSPS) is 10.9. The topological polar surface area (TPSA) is 37.8 Å². The molecule has 2 aromatic rings. The average Bonchev–Trinajstić information content (AvgIpc) is 2.88. The molecule has 0 saturated carbocycles. The van der Waals surface area contributed by atoms with Crippen LogP contribution in [0.25, 0.3) is 9.88 Å². The van der Waals surface area contributed by atoms with Crippen LogP contribution >= 0.6 is 22.7 Å². The Labute approximate surface area is 104 Å². The fourth-order valence-corrected chi connectivity index (χ4v) is 3.11. The van der Waals surface area contributed by atoms with E-state index in [0.29, 0.717) is 0 Å². The molecule has 2 rings (SSSR count). The molecule has 0 spiro atoms. The SMILES string of the molecule is CCCNCc1sc(-c2cncs2)nc1C. The Hall–Kier alpha value is -0.780. The molecule has 5 heteroatoms. The number of aryl methyl sites for hydroxylation is 1. The molecular formula is C11H15N3S2. The molecule has 1 N–H and O–H groups in total. The number of thiazole rings is 2. The molecule has 2 heterocycles. The first-order valence-corrected chi connectivity index (χ1v) is 7.06. The number of hydrogen-bond donors (Lipinski definition) is 1. The van der Waals surface area contributed by atoms with Gasteiger partial charge < -0.3 is 5.32 Å². The van der Waals surface area contributed by atoms with Gasteiger partial charge in [0.1, 0.15) is 5.01 Å². The molecule has 0 aliphatic carbocycles. The molecular weight excluding hydrogens is 238 g/mol. The van der Waals surface area contributed by atoms with Gasteiger partial charge in [0, 0.05) is 17.6 Å². The first-order chi connectivity index (χ1) is 7.81. The van der Waals surface area contributed by atoms with Crippen molar-refractivity contribution in [1.82, 2.24) is 15.3 Å². The van der Waals surface area contributed by atoms with Crippen molar-refractivity contribution in [2.24, 2.45) is 0 Å². The third kappa shape index (κ3) is 2.66. The maximum Gasteiger partial charge on any atom is 0.135 e. The van der Waals surface area contributed by atoms with Gasteiger partial charge in [-0.2, -0.15) is 0 Å². The van der Waals surface area contributed by atoms with Crippen molar-refractivity contribution in [3.05, 3.63) is 22.3 Å². The highest BCUT2D eigenvalue weighted by Gasteiger charge is 2.09. The molecule has 0 fully saturated rings. The smallest absolute Gasteiger partial charge is 0.135 e. The summed E-state index contributed by atoms with van der Waals surface area (Å²) >= 11 is 3.41. The molecule has 0 unspecified atom stereocenters. The average molecular weight is 253 g/mol. The van der Waals surface area contributed by atoms with Gasteiger partial charge in [0.25, 0.3) is 0 Å². The van der Waals surface area contributed by atoms with E-state index in [1.807, 2.05) is 11.7 Å². The lowest BCUT2D eigenvalue weighted by Gasteiger charge is -1.99.